The van der Waals surface area contributed by atoms with Crippen molar-refractivity contribution in [2.24, 2.45) is 0 Å². The smallest absolute Gasteiger partial charge is 0.227 e. The molecule has 1 aliphatic heterocycles. The lowest BCUT2D eigenvalue weighted by Gasteiger charge is -2.36. The van der Waals surface area contributed by atoms with Gasteiger partial charge in [0.15, 0.2) is 0 Å². The number of ether oxygens (including phenoxy) is 1. The average molecular weight is 299 g/mol. The van der Waals surface area contributed by atoms with Gasteiger partial charge in [-0.05, 0) is 31.5 Å². The maximum atomic E-state index is 12.3. The molecule has 1 amide bonds. The summed E-state index contributed by atoms with van der Waals surface area (Å²) in [5.41, 5.74) is 1.00. The van der Waals surface area contributed by atoms with Crippen molar-refractivity contribution < 1.29 is 9.53 Å². The van der Waals surface area contributed by atoms with Crippen LogP contribution in [0.1, 0.15) is 19.4 Å². The molecule has 1 aromatic carbocycles. The van der Waals surface area contributed by atoms with Crippen molar-refractivity contribution in [3.8, 4) is 5.75 Å². The van der Waals surface area contributed by atoms with Crippen molar-refractivity contribution in [3.63, 3.8) is 0 Å². The van der Waals surface area contributed by atoms with Gasteiger partial charge in [0.2, 0.25) is 5.91 Å². The fourth-order valence-corrected chi connectivity index (χ4v) is 2.60. The van der Waals surface area contributed by atoms with E-state index in [1.165, 1.54) is 0 Å². The Kier molecular flexibility index (Phi) is 6.30. The minimum atomic E-state index is 0. The Balaban J connectivity index is 0.00000200. The topological polar surface area (TPSA) is 41.6 Å². The highest BCUT2D eigenvalue weighted by Crippen LogP contribution is 2.14. The summed E-state index contributed by atoms with van der Waals surface area (Å²) in [6.45, 7) is 5.79. The van der Waals surface area contributed by atoms with Crippen LogP contribution in [0.3, 0.4) is 0 Å². The summed E-state index contributed by atoms with van der Waals surface area (Å²) in [5.74, 6) is 0.987. The number of hydrogen-bond donors (Lipinski definition) is 1. The molecule has 4 nitrogen and oxygen atoms in total. The second kappa shape index (κ2) is 7.50. The van der Waals surface area contributed by atoms with Gasteiger partial charge in [0.25, 0.3) is 0 Å². The van der Waals surface area contributed by atoms with Gasteiger partial charge in [0, 0.05) is 25.2 Å². The number of hydrogen-bond acceptors (Lipinski definition) is 3. The Bertz CT molecular complexity index is 443. The molecule has 1 saturated heterocycles. The summed E-state index contributed by atoms with van der Waals surface area (Å²) in [5, 5.41) is 3.43. The van der Waals surface area contributed by atoms with Gasteiger partial charge in [-0.25, -0.2) is 0 Å². The van der Waals surface area contributed by atoms with E-state index in [9.17, 15) is 4.79 Å². The largest absolute Gasteiger partial charge is 0.497 e. The molecule has 0 aliphatic carbocycles. The van der Waals surface area contributed by atoms with Crippen LogP contribution < -0.4 is 10.1 Å². The van der Waals surface area contributed by atoms with Crippen molar-refractivity contribution in [2.75, 3.05) is 20.2 Å². The summed E-state index contributed by atoms with van der Waals surface area (Å²) in [6, 6.07) is 8.42. The van der Waals surface area contributed by atoms with E-state index in [2.05, 4.69) is 19.2 Å². The van der Waals surface area contributed by atoms with E-state index in [0.29, 0.717) is 18.5 Å². The van der Waals surface area contributed by atoms with Crippen molar-refractivity contribution in [1.29, 1.82) is 0 Å². The normalized spacial score (nSPS) is 22.1. The summed E-state index contributed by atoms with van der Waals surface area (Å²) in [7, 11) is 1.64. The Hall–Kier alpha value is -1.26. The highest BCUT2D eigenvalue weighted by atomic mass is 35.5. The van der Waals surface area contributed by atoms with Gasteiger partial charge in [-0.2, -0.15) is 0 Å². The molecule has 112 valence electrons. The zero-order chi connectivity index (χ0) is 13.8. The van der Waals surface area contributed by atoms with E-state index < -0.39 is 0 Å². The maximum Gasteiger partial charge on any atom is 0.227 e. The molecule has 1 fully saturated rings. The standard InChI is InChI=1S/C15H22N2O2.ClH/c1-11-9-17(10-12(2)16-11)15(18)8-13-5-4-6-14(7-13)19-3;/h4-7,11-12,16H,8-10H2,1-3H3;1H. The average Bonchev–Trinajstić information content (AvgIpc) is 2.37. The van der Waals surface area contributed by atoms with Crippen LogP contribution in [0, 0.1) is 0 Å². The number of methoxy groups -OCH3 is 1. The molecule has 5 heteroatoms. The maximum absolute atomic E-state index is 12.3. The zero-order valence-corrected chi connectivity index (χ0v) is 13.1. The van der Waals surface area contributed by atoms with E-state index in [4.69, 9.17) is 4.74 Å². The number of benzene rings is 1. The summed E-state index contributed by atoms with van der Waals surface area (Å²) < 4.78 is 5.18. The van der Waals surface area contributed by atoms with Crippen LogP contribution in [-0.4, -0.2) is 43.1 Å². The molecule has 1 aliphatic rings. The minimum Gasteiger partial charge on any atom is -0.497 e. The third-order valence-electron chi connectivity index (χ3n) is 3.40. The van der Waals surface area contributed by atoms with E-state index in [-0.39, 0.29) is 18.3 Å². The monoisotopic (exact) mass is 298 g/mol. The Morgan fingerprint density at radius 1 is 1.35 bits per heavy atom. The van der Waals surface area contributed by atoms with Crippen LogP contribution in [0.5, 0.6) is 5.75 Å². The highest BCUT2D eigenvalue weighted by Gasteiger charge is 2.24. The third kappa shape index (κ3) is 4.39. The van der Waals surface area contributed by atoms with Crippen molar-refractivity contribution >= 4 is 18.3 Å². The molecule has 1 aromatic rings. The molecule has 0 spiro atoms. The number of amides is 1. The van der Waals surface area contributed by atoms with Crippen LogP contribution in [0.25, 0.3) is 0 Å². The Morgan fingerprint density at radius 3 is 2.60 bits per heavy atom. The number of rotatable bonds is 3. The van der Waals surface area contributed by atoms with Crippen LogP contribution in [-0.2, 0) is 11.2 Å². The summed E-state index contributed by atoms with van der Waals surface area (Å²) in [4.78, 5) is 14.3. The fraction of sp³-hybridized carbons (Fsp3) is 0.533. The Labute approximate surface area is 126 Å². The number of nitrogens with zero attached hydrogens (tertiary/aromatic N) is 1. The molecule has 0 aromatic heterocycles. The number of halogens is 1. The molecular weight excluding hydrogens is 276 g/mol. The first-order valence-corrected chi connectivity index (χ1v) is 6.75. The first-order chi connectivity index (χ1) is 9.08. The zero-order valence-electron chi connectivity index (χ0n) is 12.3. The SMILES string of the molecule is COc1cccc(CC(=O)N2CC(C)NC(C)C2)c1.Cl. The molecule has 2 atom stereocenters. The van der Waals surface area contributed by atoms with Crippen molar-refractivity contribution in [3.05, 3.63) is 29.8 Å². The third-order valence-corrected chi connectivity index (χ3v) is 3.40. The number of piperazine rings is 1. The molecule has 0 radical (unpaired) electrons. The van der Waals surface area contributed by atoms with Gasteiger partial charge >= 0.3 is 0 Å². The second-order valence-electron chi connectivity index (χ2n) is 5.30. The lowest BCUT2D eigenvalue weighted by molar-refractivity contribution is -0.132. The summed E-state index contributed by atoms with van der Waals surface area (Å²) >= 11 is 0. The molecule has 2 rings (SSSR count). The summed E-state index contributed by atoms with van der Waals surface area (Å²) in [6.07, 6.45) is 0.441. The molecule has 0 bridgehead atoms. The first kappa shape index (κ1) is 16.8. The van der Waals surface area contributed by atoms with Crippen LogP contribution >= 0.6 is 12.4 Å². The number of carbonyl (C=O) groups is 1. The van der Waals surface area contributed by atoms with Gasteiger partial charge in [0.1, 0.15) is 5.75 Å². The number of nitrogens with one attached hydrogen (secondary N) is 1. The van der Waals surface area contributed by atoms with Crippen LogP contribution in [0.15, 0.2) is 24.3 Å². The van der Waals surface area contributed by atoms with Gasteiger partial charge in [0.05, 0.1) is 13.5 Å². The second-order valence-corrected chi connectivity index (χ2v) is 5.30. The minimum absolute atomic E-state index is 0. The van der Waals surface area contributed by atoms with Gasteiger partial charge in [-0.15, -0.1) is 12.4 Å². The molecule has 1 N–H and O–H groups in total. The predicted molar refractivity (Wildman–Crippen MR) is 82.6 cm³/mol. The quantitative estimate of drug-likeness (QED) is 0.926. The fourth-order valence-electron chi connectivity index (χ4n) is 2.60. The van der Waals surface area contributed by atoms with Crippen LogP contribution in [0.4, 0.5) is 0 Å². The predicted octanol–water partition coefficient (Wildman–Crippen LogP) is 1.87. The van der Waals surface area contributed by atoms with E-state index in [1.807, 2.05) is 29.2 Å². The number of carbonyl (C=O) groups excluding carboxylic acids is 1. The van der Waals surface area contributed by atoms with E-state index in [0.717, 1.165) is 24.4 Å². The van der Waals surface area contributed by atoms with E-state index in [1.54, 1.807) is 7.11 Å². The van der Waals surface area contributed by atoms with Crippen LogP contribution in [0.2, 0.25) is 0 Å². The van der Waals surface area contributed by atoms with Gasteiger partial charge < -0.3 is 15.0 Å². The van der Waals surface area contributed by atoms with Crippen molar-refractivity contribution in [2.45, 2.75) is 32.4 Å². The van der Waals surface area contributed by atoms with Gasteiger partial charge in [-0.3, -0.25) is 4.79 Å². The molecule has 1 heterocycles. The Morgan fingerprint density at radius 2 is 2.00 bits per heavy atom. The highest BCUT2D eigenvalue weighted by molar-refractivity contribution is 5.85. The van der Waals surface area contributed by atoms with Gasteiger partial charge in [-0.1, -0.05) is 12.1 Å². The molecular formula is C15H23ClN2O2. The first-order valence-electron chi connectivity index (χ1n) is 6.75. The molecule has 20 heavy (non-hydrogen) atoms. The molecule has 0 saturated carbocycles. The lowest BCUT2D eigenvalue weighted by Crippen LogP contribution is -2.56. The lowest BCUT2D eigenvalue weighted by atomic mass is 10.1. The molecule has 2 unspecified atom stereocenters. The van der Waals surface area contributed by atoms with Crippen molar-refractivity contribution in [1.82, 2.24) is 10.2 Å². The van der Waals surface area contributed by atoms with E-state index >= 15 is 0 Å².